The highest BCUT2D eigenvalue weighted by atomic mass is 32.7. The summed E-state index contributed by atoms with van der Waals surface area (Å²) in [6, 6.07) is 5.60. The molecule has 0 saturated carbocycles. The number of imidazole rings is 2. The van der Waals surface area contributed by atoms with E-state index >= 15 is 8.78 Å². The fourth-order valence-electron chi connectivity index (χ4n) is 6.69. The Labute approximate surface area is 376 Å². The minimum Gasteiger partial charge on any atom is -0.457 e. The van der Waals surface area contributed by atoms with Crippen LogP contribution in [-0.4, -0.2) is 124 Å². The van der Waals surface area contributed by atoms with Gasteiger partial charge in [-0.15, -0.1) is 0 Å². The minimum atomic E-state index is -4.58. The highest BCUT2D eigenvalue weighted by Gasteiger charge is 2.50. The van der Waals surface area contributed by atoms with E-state index in [1.54, 1.807) is 20.8 Å². The number of nitrogens with zero attached hydrogens (tertiary/aromatic N) is 7. The average Bonchev–Trinajstić information content (AvgIpc) is 4.06. The number of nitrogens with one attached hydrogen (secondary N) is 1. The molecule has 2 aliphatic rings. The van der Waals surface area contributed by atoms with Crippen LogP contribution in [0.25, 0.3) is 22.3 Å². The molecular formula is C37H45F2N9O15P2S. The van der Waals surface area contributed by atoms with E-state index in [-0.39, 0.29) is 46.3 Å². The Morgan fingerprint density at radius 1 is 0.894 bits per heavy atom. The molecular weight excluding hydrogens is 942 g/mol. The second-order valence-corrected chi connectivity index (χ2v) is 21.8. The van der Waals surface area contributed by atoms with E-state index in [0.29, 0.717) is 11.4 Å². The van der Waals surface area contributed by atoms with Crippen molar-refractivity contribution in [3.63, 3.8) is 0 Å². The third-order valence-corrected chi connectivity index (χ3v) is 14.7. The van der Waals surface area contributed by atoms with Gasteiger partial charge in [0.15, 0.2) is 35.0 Å². The number of hydrogen-bond donors (Lipinski definition) is 4. The summed E-state index contributed by atoms with van der Waals surface area (Å²) in [6.07, 6.45) is -5.66. The van der Waals surface area contributed by atoms with E-state index in [2.05, 4.69) is 29.9 Å². The second kappa shape index (κ2) is 20.1. The number of aromatic amines is 1. The number of fused-ring (bicyclic) bond motifs is 2. The zero-order chi connectivity index (χ0) is 47.6. The lowest BCUT2D eigenvalue weighted by molar-refractivity contribution is -0.159. The van der Waals surface area contributed by atoms with Crippen LogP contribution < -0.4 is 16.0 Å². The topological polar surface area (TPSA) is 316 Å². The van der Waals surface area contributed by atoms with Gasteiger partial charge in [-0.2, -0.15) is 0 Å². The van der Waals surface area contributed by atoms with Crippen molar-refractivity contribution in [1.82, 2.24) is 39.0 Å². The minimum absolute atomic E-state index is 0.0440. The Morgan fingerprint density at radius 2 is 1.55 bits per heavy atom. The number of alkyl halides is 2. The zero-order valence-corrected chi connectivity index (χ0v) is 38.1. The number of halogens is 2. The molecule has 7 rings (SSSR count). The maximum absolute atomic E-state index is 16.4. The first-order valence-electron chi connectivity index (χ1n) is 19.9. The molecule has 5 N–H and O–H groups in total. The number of hydrogen-bond acceptors (Lipinski definition) is 21. The fraction of sp³-hybridized carbons (Fsp3) is 0.514. The highest BCUT2D eigenvalue weighted by Crippen LogP contribution is 2.62. The monoisotopic (exact) mass is 987 g/mol. The Kier molecular flexibility index (Phi) is 14.9. The van der Waals surface area contributed by atoms with Gasteiger partial charge in [-0.25, -0.2) is 43.1 Å². The number of anilines is 1. The first-order valence-corrected chi connectivity index (χ1v) is 24.8. The normalized spacial score (nSPS) is 25.2. The molecule has 2 aliphatic heterocycles. The first-order chi connectivity index (χ1) is 31.3. The number of aromatic nitrogens is 8. The lowest BCUT2D eigenvalue weighted by Gasteiger charge is -2.25. The number of aliphatic hydroxyl groups excluding tert-OH is 1. The van der Waals surface area contributed by atoms with E-state index in [9.17, 15) is 33.5 Å². The number of nitrogens with two attached hydrogens (primary N) is 1. The maximum Gasteiger partial charge on any atom is 0.392 e. The van der Waals surface area contributed by atoms with Crippen LogP contribution in [0.3, 0.4) is 0 Å². The van der Waals surface area contributed by atoms with Crippen LogP contribution in [-0.2, 0) is 46.4 Å². The number of H-pyrrole nitrogens is 1. The quantitative estimate of drug-likeness (QED) is 0.0515. The van der Waals surface area contributed by atoms with Crippen LogP contribution in [0.2, 0.25) is 0 Å². The highest BCUT2D eigenvalue weighted by molar-refractivity contribution is 8.55. The second-order valence-electron chi connectivity index (χ2n) is 15.9. The molecule has 0 spiro atoms. The largest absolute Gasteiger partial charge is 0.457 e. The van der Waals surface area contributed by atoms with Crippen molar-refractivity contribution >= 4 is 65.9 Å². The number of carbonyl (C=O) groups excluding carboxylic acids is 2. The number of nitrogen functional groups attached to an aromatic ring is 1. The van der Waals surface area contributed by atoms with Crippen LogP contribution >= 0.6 is 25.8 Å². The van der Waals surface area contributed by atoms with E-state index in [0.717, 1.165) is 12.7 Å². The van der Waals surface area contributed by atoms with Crippen LogP contribution in [0.1, 0.15) is 50.5 Å². The molecule has 0 aliphatic carbocycles. The van der Waals surface area contributed by atoms with Crippen molar-refractivity contribution in [2.24, 2.45) is 17.3 Å². The number of esters is 2. The van der Waals surface area contributed by atoms with Crippen molar-refractivity contribution < 1.29 is 74.8 Å². The number of carbonyl (C=O) groups is 2. The summed E-state index contributed by atoms with van der Waals surface area (Å²) in [5.74, 6) is -3.99. The van der Waals surface area contributed by atoms with Crippen molar-refractivity contribution in [3.05, 3.63) is 65.5 Å². The number of rotatable bonds is 19. The van der Waals surface area contributed by atoms with Crippen molar-refractivity contribution in [2.45, 2.75) is 64.7 Å². The third-order valence-electron chi connectivity index (χ3n) is 10.4. The zero-order valence-electron chi connectivity index (χ0n) is 35.4. The van der Waals surface area contributed by atoms with Gasteiger partial charge in [-0.3, -0.25) is 27.8 Å². The van der Waals surface area contributed by atoms with Crippen molar-refractivity contribution in [3.8, 4) is 5.75 Å². The molecule has 6 heterocycles. The van der Waals surface area contributed by atoms with Gasteiger partial charge in [0.05, 0.1) is 61.8 Å². The van der Waals surface area contributed by atoms with E-state index in [1.165, 1.54) is 53.0 Å². The molecule has 0 bridgehead atoms. The molecule has 4 aromatic heterocycles. The summed E-state index contributed by atoms with van der Waals surface area (Å²) in [5.41, 5.74) is 4.82. The molecule has 5 aromatic rings. The molecule has 2 fully saturated rings. The lowest BCUT2D eigenvalue weighted by atomic mass is 9.98. The standard InChI is InChI=1S/C37H45F2N9O15P2S/c1-19-23(62-34(25(19)38)48-14-45-27-29(40)41-12-42-30(27)48)10-61-65(55,66-18-58-35(51)20-5-7-21(8-6-20)56-17-57-36(52)37(2,3)4)60-9-22-26(39)24(11-59-64(53,54)16-49)63-33(22)47-15-46-28-31(47)43-13-44-32(28)50/h5-8,12-15,19,22-26,33-34,49H,9-11,16-18H2,1-4H3,(H,53,54)(H2,40,41,42)(H,43,44,50)/t19-,22-,23-,24?,25-,26+,33-,34-,65?/m1/s1. The molecule has 10 atom stereocenters. The molecule has 3 unspecified atom stereocenters. The predicted molar refractivity (Wildman–Crippen MR) is 226 cm³/mol. The van der Waals surface area contributed by atoms with Crippen LogP contribution in [0.4, 0.5) is 14.6 Å². The smallest absolute Gasteiger partial charge is 0.392 e. The Bertz CT molecular complexity index is 2690. The van der Waals surface area contributed by atoms with Gasteiger partial charge in [0.1, 0.15) is 48.4 Å². The van der Waals surface area contributed by atoms with Crippen LogP contribution in [0, 0.1) is 17.3 Å². The first kappa shape index (κ1) is 49.0. The summed E-state index contributed by atoms with van der Waals surface area (Å²) in [6.45, 7) is -0.528. The SMILES string of the molecule is C[C@H]1[C@@H](F)[C@H](n2cnc3c(N)ncnc32)O[C@@H]1COP(=O)(OC[C@@H]1[C@H](F)C(COP(=O)(O)CO)O[C@H]1n1cnc2c(=O)[nH]cnc21)SCOC(=O)c1ccc(OCOC(=O)C(C)(C)C)cc1. The summed E-state index contributed by atoms with van der Waals surface area (Å²) in [7, 11) is -4.55. The summed E-state index contributed by atoms with van der Waals surface area (Å²) in [5, 5.41) is 9.24. The summed E-state index contributed by atoms with van der Waals surface area (Å²) < 4.78 is 106. The fourth-order valence-corrected chi connectivity index (χ4v) is 9.71. The molecule has 1 aromatic carbocycles. The molecule has 29 heteroatoms. The Hall–Kier alpha value is -4.95. The average molecular weight is 988 g/mol. The molecule has 0 amide bonds. The van der Waals surface area contributed by atoms with Gasteiger partial charge in [0.2, 0.25) is 6.79 Å². The van der Waals surface area contributed by atoms with Gasteiger partial charge < -0.3 is 53.4 Å². The van der Waals surface area contributed by atoms with E-state index in [1.807, 2.05) is 0 Å². The van der Waals surface area contributed by atoms with Crippen LogP contribution in [0.5, 0.6) is 5.75 Å². The predicted octanol–water partition coefficient (Wildman–Crippen LogP) is 4.03. The summed E-state index contributed by atoms with van der Waals surface area (Å²) >= 11 is 0.395. The lowest BCUT2D eigenvalue weighted by Crippen LogP contribution is -2.29. The maximum atomic E-state index is 16.4. The summed E-state index contributed by atoms with van der Waals surface area (Å²) in [4.78, 5) is 70.1. The number of aliphatic hydroxyl groups is 1. The number of benzene rings is 1. The molecule has 2 saturated heterocycles. The molecule has 24 nitrogen and oxygen atoms in total. The van der Waals surface area contributed by atoms with Crippen LogP contribution in [0.15, 0.2) is 54.4 Å². The van der Waals surface area contributed by atoms with Gasteiger partial charge in [-0.1, -0.05) is 6.92 Å². The van der Waals surface area contributed by atoms with Crippen molar-refractivity contribution in [1.29, 1.82) is 0 Å². The molecule has 358 valence electrons. The Morgan fingerprint density at radius 3 is 2.26 bits per heavy atom. The van der Waals surface area contributed by atoms with E-state index < -0.39 is 118 Å². The van der Waals surface area contributed by atoms with Gasteiger partial charge in [0.25, 0.3) is 5.56 Å². The van der Waals surface area contributed by atoms with Gasteiger partial charge >= 0.3 is 26.3 Å². The molecule has 66 heavy (non-hydrogen) atoms. The van der Waals surface area contributed by atoms with Gasteiger partial charge in [-0.05, 0) is 45.0 Å². The van der Waals surface area contributed by atoms with Gasteiger partial charge in [0, 0.05) is 17.3 Å². The van der Waals surface area contributed by atoms with Crippen molar-refractivity contribution in [2.75, 3.05) is 44.6 Å². The molecule has 0 radical (unpaired) electrons. The third kappa shape index (κ3) is 10.9. The van der Waals surface area contributed by atoms with E-state index in [4.69, 9.17) is 43.0 Å². The Balaban J connectivity index is 1.08. The number of ether oxygens (including phenoxy) is 5.